The summed E-state index contributed by atoms with van der Waals surface area (Å²) in [6.45, 7) is 1.83. The molecule has 0 fully saturated rings. The van der Waals surface area contributed by atoms with Gasteiger partial charge in [0.1, 0.15) is 11.5 Å². The summed E-state index contributed by atoms with van der Waals surface area (Å²) in [6, 6.07) is 5.28. The van der Waals surface area contributed by atoms with Crippen LogP contribution in [0.15, 0.2) is 18.2 Å². The van der Waals surface area contributed by atoms with Gasteiger partial charge in [-0.2, -0.15) is 0 Å². The van der Waals surface area contributed by atoms with E-state index in [1.165, 1.54) is 0 Å². The van der Waals surface area contributed by atoms with Crippen LogP contribution in [0.3, 0.4) is 0 Å². The number of hydrogen-bond donors (Lipinski definition) is 1. The first-order valence-corrected chi connectivity index (χ1v) is 4.66. The Morgan fingerprint density at radius 1 is 1.33 bits per heavy atom. The van der Waals surface area contributed by atoms with Crippen LogP contribution < -0.4 is 9.47 Å². The molecule has 0 saturated carbocycles. The Hall–Kier alpha value is -1.26. The van der Waals surface area contributed by atoms with Crippen molar-refractivity contribution >= 4 is 0 Å². The van der Waals surface area contributed by atoms with E-state index in [0.717, 1.165) is 0 Å². The maximum Gasteiger partial charge on any atom is 0.188 e. The molecule has 0 heterocycles. The number of aliphatic hydroxyl groups is 1. The highest BCUT2D eigenvalue weighted by atomic mass is 16.7. The van der Waals surface area contributed by atoms with Gasteiger partial charge in [0.25, 0.3) is 0 Å². The summed E-state index contributed by atoms with van der Waals surface area (Å²) in [6.07, 6.45) is -0.581. The quantitative estimate of drug-likeness (QED) is 0.755. The molecule has 0 unspecified atom stereocenters. The SMILES string of the molecule is COCOc1cc(OC)ccc1[C@H](C)O. The highest BCUT2D eigenvalue weighted by Gasteiger charge is 2.10. The van der Waals surface area contributed by atoms with Crippen molar-refractivity contribution in [2.75, 3.05) is 21.0 Å². The van der Waals surface area contributed by atoms with Crippen molar-refractivity contribution in [3.05, 3.63) is 23.8 Å². The maximum absolute atomic E-state index is 9.51. The molecule has 1 rings (SSSR count). The van der Waals surface area contributed by atoms with Gasteiger partial charge in [-0.15, -0.1) is 0 Å². The molecular weight excluding hydrogens is 196 g/mol. The summed E-state index contributed by atoms with van der Waals surface area (Å²) in [5.41, 5.74) is 0.716. The number of aliphatic hydroxyl groups excluding tert-OH is 1. The fraction of sp³-hybridized carbons (Fsp3) is 0.455. The molecule has 0 bridgehead atoms. The molecule has 1 atom stereocenters. The van der Waals surface area contributed by atoms with Gasteiger partial charge in [-0.25, -0.2) is 0 Å². The topological polar surface area (TPSA) is 47.9 Å². The maximum atomic E-state index is 9.51. The molecule has 0 saturated heterocycles. The van der Waals surface area contributed by atoms with Crippen LogP contribution in [0.25, 0.3) is 0 Å². The molecule has 1 aromatic rings. The molecule has 0 aromatic heterocycles. The lowest BCUT2D eigenvalue weighted by molar-refractivity contribution is 0.0482. The predicted molar refractivity (Wildman–Crippen MR) is 56.1 cm³/mol. The van der Waals surface area contributed by atoms with Crippen molar-refractivity contribution in [3.63, 3.8) is 0 Å². The molecule has 0 aliphatic carbocycles. The molecule has 4 nitrogen and oxygen atoms in total. The van der Waals surface area contributed by atoms with E-state index in [1.807, 2.05) is 0 Å². The number of benzene rings is 1. The number of hydrogen-bond acceptors (Lipinski definition) is 4. The Labute approximate surface area is 89.4 Å². The van der Waals surface area contributed by atoms with E-state index in [0.29, 0.717) is 17.1 Å². The first kappa shape index (κ1) is 11.8. The Kier molecular flexibility index (Phi) is 4.39. The van der Waals surface area contributed by atoms with Crippen molar-refractivity contribution in [2.45, 2.75) is 13.0 Å². The average molecular weight is 212 g/mol. The molecular formula is C11H16O4. The third-order valence-corrected chi connectivity index (χ3v) is 2.00. The van der Waals surface area contributed by atoms with E-state index in [1.54, 1.807) is 39.3 Å². The van der Waals surface area contributed by atoms with Crippen LogP contribution in [0.1, 0.15) is 18.6 Å². The van der Waals surface area contributed by atoms with E-state index in [2.05, 4.69) is 0 Å². The van der Waals surface area contributed by atoms with Gasteiger partial charge in [-0.3, -0.25) is 0 Å². The normalized spacial score (nSPS) is 12.3. The first-order valence-electron chi connectivity index (χ1n) is 4.66. The summed E-state index contributed by atoms with van der Waals surface area (Å²) in [5, 5.41) is 9.51. The zero-order chi connectivity index (χ0) is 11.3. The van der Waals surface area contributed by atoms with Gasteiger partial charge >= 0.3 is 0 Å². The Morgan fingerprint density at radius 2 is 2.07 bits per heavy atom. The average Bonchev–Trinajstić information content (AvgIpc) is 2.25. The van der Waals surface area contributed by atoms with Crippen LogP contribution in [-0.4, -0.2) is 26.1 Å². The lowest BCUT2D eigenvalue weighted by atomic mass is 10.1. The molecule has 15 heavy (non-hydrogen) atoms. The van der Waals surface area contributed by atoms with Crippen LogP contribution >= 0.6 is 0 Å². The lowest BCUT2D eigenvalue weighted by Crippen LogP contribution is -2.03. The monoisotopic (exact) mass is 212 g/mol. The Bertz CT molecular complexity index is 309. The van der Waals surface area contributed by atoms with Crippen molar-refractivity contribution in [1.29, 1.82) is 0 Å². The van der Waals surface area contributed by atoms with Crippen LogP contribution in [0, 0.1) is 0 Å². The number of rotatable bonds is 5. The van der Waals surface area contributed by atoms with E-state index < -0.39 is 6.10 Å². The molecule has 0 aliphatic heterocycles. The van der Waals surface area contributed by atoms with Gasteiger partial charge in [0.05, 0.1) is 13.2 Å². The second kappa shape index (κ2) is 5.58. The number of ether oxygens (including phenoxy) is 3. The molecule has 1 aromatic carbocycles. The molecule has 0 amide bonds. The summed E-state index contributed by atoms with van der Waals surface area (Å²) in [4.78, 5) is 0. The third-order valence-electron chi connectivity index (χ3n) is 2.00. The number of methoxy groups -OCH3 is 2. The fourth-order valence-electron chi connectivity index (χ4n) is 1.23. The summed E-state index contributed by atoms with van der Waals surface area (Å²) < 4.78 is 15.2. The summed E-state index contributed by atoms with van der Waals surface area (Å²) in [5.74, 6) is 1.26. The third kappa shape index (κ3) is 3.11. The van der Waals surface area contributed by atoms with E-state index in [4.69, 9.17) is 14.2 Å². The first-order chi connectivity index (χ1) is 7.19. The lowest BCUT2D eigenvalue weighted by Gasteiger charge is -2.13. The predicted octanol–water partition coefficient (Wildman–Crippen LogP) is 1.73. The summed E-state index contributed by atoms with van der Waals surface area (Å²) in [7, 11) is 3.12. The second-order valence-corrected chi connectivity index (χ2v) is 3.13. The van der Waals surface area contributed by atoms with Crippen LogP contribution in [0.2, 0.25) is 0 Å². The van der Waals surface area contributed by atoms with Crippen molar-refractivity contribution in [2.24, 2.45) is 0 Å². The zero-order valence-electron chi connectivity index (χ0n) is 9.19. The van der Waals surface area contributed by atoms with Crippen molar-refractivity contribution in [3.8, 4) is 11.5 Å². The Morgan fingerprint density at radius 3 is 2.60 bits per heavy atom. The summed E-state index contributed by atoms with van der Waals surface area (Å²) >= 11 is 0. The van der Waals surface area contributed by atoms with Crippen LogP contribution in [0.4, 0.5) is 0 Å². The highest BCUT2D eigenvalue weighted by Crippen LogP contribution is 2.29. The minimum atomic E-state index is -0.581. The molecule has 4 heteroatoms. The van der Waals surface area contributed by atoms with E-state index in [-0.39, 0.29) is 6.79 Å². The minimum Gasteiger partial charge on any atom is -0.497 e. The zero-order valence-corrected chi connectivity index (χ0v) is 9.19. The van der Waals surface area contributed by atoms with Gasteiger partial charge in [-0.1, -0.05) is 0 Å². The van der Waals surface area contributed by atoms with Crippen LogP contribution in [-0.2, 0) is 4.74 Å². The molecule has 0 radical (unpaired) electrons. The molecule has 0 aliphatic rings. The van der Waals surface area contributed by atoms with Crippen molar-refractivity contribution in [1.82, 2.24) is 0 Å². The van der Waals surface area contributed by atoms with Crippen LogP contribution in [0.5, 0.6) is 11.5 Å². The van der Waals surface area contributed by atoms with Gasteiger partial charge < -0.3 is 19.3 Å². The second-order valence-electron chi connectivity index (χ2n) is 3.13. The molecule has 0 spiro atoms. The van der Waals surface area contributed by atoms with E-state index in [9.17, 15) is 5.11 Å². The standard InChI is InChI=1S/C11H16O4/c1-8(12)10-5-4-9(14-3)6-11(10)15-7-13-2/h4-6,8,12H,7H2,1-3H3/t8-/m0/s1. The largest absolute Gasteiger partial charge is 0.497 e. The van der Waals surface area contributed by atoms with Gasteiger partial charge in [0.15, 0.2) is 6.79 Å². The van der Waals surface area contributed by atoms with Crippen molar-refractivity contribution < 1.29 is 19.3 Å². The molecule has 1 N–H and O–H groups in total. The molecule has 84 valence electrons. The fourth-order valence-corrected chi connectivity index (χ4v) is 1.23. The van der Waals surface area contributed by atoms with Gasteiger partial charge in [-0.05, 0) is 19.1 Å². The Balaban J connectivity index is 2.94. The minimum absolute atomic E-state index is 0.146. The van der Waals surface area contributed by atoms with Gasteiger partial charge in [0.2, 0.25) is 0 Å². The highest BCUT2D eigenvalue weighted by molar-refractivity contribution is 5.41. The van der Waals surface area contributed by atoms with Gasteiger partial charge in [0, 0.05) is 18.7 Å². The van der Waals surface area contributed by atoms with E-state index >= 15 is 0 Å². The smallest absolute Gasteiger partial charge is 0.188 e.